The van der Waals surface area contributed by atoms with E-state index in [9.17, 15) is 9.59 Å². The summed E-state index contributed by atoms with van der Waals surface area (Å²) < 4.78 is 10.8. The number of carbonyl (C=O) groups is 1. The van der Waals surface area contributed by atoms with E-state index >= 15 is 0 Å². The van der Waals surface area contributed by atoms with E-state index in [0.717, 1.165) is 22.9 Å². The molecule has 0 aliphatic rings. The topological polar surface area (TPSA) is 68.5 Å². The normalized spacial score (nSPS) is 11.9. The van der Waals surface area contributed by atoms with E-state index in [2.05, 4.69) is 5.32 Å². The van der Waals surface area contributed by atoms with Crippen LogP contribution >= 0.6 is 0 Å². The van der Waals surface area contributed by atoms with Crippen LogP contribution in [-0.2, 0) is 11.2 Å². The molecule has 0 radical (unpaired) electrons. The number of benzene rings is 2. The Morgan fingerprint density at radius 2 is 1.92 bits per heavy atom. The van der Waals surface area contributed by atoms with Crippen molar-refractivity contribution < 1.29 is 13.9 Å². The van der Waals surface area contributed by atoms with Crippen LogP contribution in [0.2, 0.25) is 0 Å². The molecule has 1 heterocycles. The van der Waals surface area contributed by atoms with Gasteiger partial charge in [0.15, 0.2) is 6.61 Å². The summed E-state index contributed by atoms with van der Waals surface area (Å²) in [7, 11) is 0. The van der Waals surface area contributed by atoms with Crippen LogP contribution in [0.25, 0.3) is 11.0 Å². The highest BCUT2D eigenvalue weighted by molar-refractivity contribution is 5.82. The summed E-state index contributed by atoms with van der Waals surface area (Å²) in [5.74, 6) is 0.265. The van der Waals surface area contributed by atoms with Crippen LogP contribution in [0.3, 0.4) is 0 Å². The molecule has 1 atom stereocenters. The van der Waals surface area contributed by atoms with Gasteiger partial charge >= 0.3 is 5.63 Å². The van der Waals surface area contributed by atoms with Gasteiger partial charge in [0.25, 0.3) is 5.91 Å². The van der Waals surface area contributed by atoms with Crippen molar-refractivity contribution in [2.75, 3.05) is 6.61 Å². The Morgan fingerprint density at radius 1 is 1.15 bits per heavy atom. The fourth-order valence-corrected chi connectivity index (χ4v) is 2.85. The highest BCUT2D eigenvalue weighted by Gasteiger charge is 2.11. The maximum absolute atomic E-state index is 12.1. The minimum atomic E-state index is -0.388. The largest absolute Gasteiger partial charge is 0.484 e. The van der Waals surface area contributed by atoms with Crippen LogP contribution in [0.1, 0.15) is 31.0 Å². The van der Waals surface area contributed by atoms with Gasteiger partial charge in [-0.2, -0.15) is 0 Å². The third-order valence-electron chi connectivity index (χ3n) is 4.23. The number of fused-ring (bicyclic) bond motifs is 1. The van der Waals surface area contributed by atoms with Gasteiger partial charge in [0.2, 0.25) is 0 Å². The molecule has 0 saturated heterocycles. The molecule has 3 rings (SSSR count). The number of amides is 1. The first-order valence-corrected chi connectivity index (χ1v) is 8.60. The Balaban J connectivity index is 1.66. The first-order chi connectivity index (χ1) is 12.6. The summed E-state index contributed by atoms with van der Waals surface area (Å²) in [4.78, 5) is 23.7. The van der Waals surface area contributed by atoms with Crippen LogP contribution < -0.4 is 15.7 Å². The van der Waals surface area contributed by atoms with Gasteiger partial charge in [-0.3, -0.25) is 4.79 Å². The number of nitrogens with one attached hydrogen (secondary N) is 1. The van der Waals surface area contributed by atoms with E-state index in [0.29, 0.717) is 11.3 Å². The summed E-state index contributed by atoms with van der Waals surface area (Å²) in [6.07, 6.45) is 0.738. The van der Waals surface area contributed by atoms with Crippen molar-refractivity contribution in [3.05, 3.63) is 76.1 Å². The molecule has 1 aromatic heterocycles. The number of aryl methyl sites for hydroxylation is 1. The molecule has 0 saturated carbocycles. The van der Waals surface area contributed by atoms with Gasteiger partial charge in [-0.1, -0.05) is 37.3 Å². The monoisotopic (exact) mass is 351 g/mol. The fourth-order valence-electron chi connectivity index (χ4n) is 2.85. The van der Waals surface area contributed by atoms with Crippen LogP contribution in [0, 0.1) is 0 Å². The van der Waals surface area contributed by atoms with Gasteiger partial charge in [-0.15, -0.1) is 0 Å². The van der Waals surface area contributed by atoms with Crippen LogP contribution in [0.4, 0.5) is 0 Å². The number of ether oxygens (including phenoxy) is 1. The Bertz CT molecular complexity index is 963. The van der Waals surface area contributed by atoms with E-state index < -0.39 is 0 Å². The van der Waals surface area contributed by atoms with Gasteiger partial charge in [-0.05, 0) is 36.6 Å². The molecule has 0 unspecified atom stereocenters. The lowest BCUT2D eigenvalue weighted by atomic mass is 10.1. The Hall–Kier alpha value is -3.08. The van der Waals surface area contributed by atoms with Crippen LogP contribution in [0.5, 0.6) is 5.75 Å². The highest BCUT2D eigenvalue weighted by Crippen LogP contribution is 2.23. The van der Waals surface area contributed by atoms with Crippen LogP contribution in [-0.4, -0.2) is 12.5 Å². The molecule has 1 N–H and O–H groups in total. The van der Waals surface area contributed by atoms with Crippen molar-refractivity contribution in [2.45, 2.75) is 26.3 Å². The number of carbonyl (C=O) groups excluding carboxylic acids is 1. The van der Waals surface area contributed by atoms with Crippen molar-refractivity contribution in [2.24, 2.45) is 0 Å². The first-order valence-electron chi connectivity index (χ1n) is 8.60. The standard InChI is InChI=1S/C21H21NO4/c1-3-15-11-21(24)26-19-12-17(9-10-18(15)19)25-13-20(23)22-14(2)16-7-5-4-6-8-16/h4-12,14H,3,13H2,1-2H3,(H,22,23)/t14-/m0/s1. The molecular formula is C21H21NO4. The van der Waals surface area contributed by atoms with Crippen LogP contribution in [0.15, 0.2) is 63.8 Å². The highest BCUT2D eigenvalue weighted by atomic mass is 16.5. The summed E-state index contributed by atoms with van der Waals surface area (Å²) >= 11 is 0. The van der Waals surface area contributed by atoms with E-state index in [1.165, 1.54) is 6.07 Å². The second-order valence-corrected chi connectivity index (χ2v) is 6.09. The molecule has 0 fully saturated rings. The summed E-state index contributed by atoms with van der Waals surface area (Å²) in [6.45, 7) is 3.79. The third kappa shape index (κ3) is 4.11. The molecule has 2 aromatic carbocycles. The molecule has 5 heteroatoms. The minimum Gasteiger partial charge on any atom is -0.484 e. The Kier molecular flexibility index (Phi) is 5.37. The number of hydrogen-bond acceptors (Lipinski definition) is 4. The predicted octanol–water partition coefficient (Wildman–Crippen LogP) is 3.61. The van der Waals surface area contributed by atoms with Crippen molar-refractivity contribution in [3.8, 4) is 5.75 Å². The second-order valence-electron chi connectivity index (χ2n) is 6.09. The van der Waals surface area contributed by atoms with Gasteiger partial charge in [-0.25, -0.2) is 4.79 Å². The van der Waals surface area contributed by atoms with Crippen molar-refractivity contribution in [3.63, 3.8) is 0 Å². The van der Waals surface area contributed by atoms with E-state index in [1.54, 1.807) is 12.1 Å². The molecule has 0 aliphatic heterocycles. The zero-order chi connectivity index (χ0) is 18.5. The third-order valence-corrected chi connectivity index (χ3v) is 4.23. The predicted molar refractivity (Wildman–Crippen MR) is 100 cm³/mol. The smallest absolute Gasteiger partial charge is 0.336 e. The van der Waals surface area contributed by atoms with E-state index in [-0.39, 0.29) is 24.2 Å². The van der Waals surface area contributed by atoms with Crippen molar-refractivity contribution >= 4 is 16.9 Å². The molecule has 134 valence electrons. The maximum Gasteiger partial charge on any atom is 0.336 e. The van der Waals surface area contributed by atoms with Gasteiger partial charge < -0.3 is 14.5 Å². The lowest BCUT2D eigenvalue weighted by Gasteiger charge is -2.14. The summed E-state index contributed by atoms with van der Waals surface area (Å²) in [6, 6.07) is 16.4. The quantitative estimate of drug-likeness (QED) is 0.689. The fraction of sp³-hybridized carbons (Fsp3) is 0.238. The van der Waals surface area contributed by atoms with Crippen molar-refractivity contribution in [1.82, 2.24) is 5.32 Å². The van der Waals surface area contributed by atoms with E-state index in [1.807, 2.05) is 50.2 Å². The Morgan fingerprint density at radius 3 is 2.65 bits per heavy atom. The molecule has 1 amide bonds. The average molecular weight is 351 g/mol. The summed E-state index contributed by atoms with van der Waals surface area (Å²) in [5, 5.41) is 3.77. The SMILES string of the molecule is CCc1cc(=O)oc2cc(OCC(=O)N[C@@H](C)c3ccccc3)ccc12. The number of rotatable bonds is 6. The van der Waals surface area contributed by atoms with Crippen molar-refractivity contribution in [1.29, 1.82) is 0 Å². The van der Waals surface area contributed by atoms with Gasteiger partial charge in [0, 0.05) is 17.5 Å². The molecular weight excluding hydrogens is 330 g/mol. The van der Waals surface area contributed by atoms with Gasteiger partial charge in [0.1, 0.15) is 11.3 Å². The summed E-state index contributed by atoms with van der Waals surface area (Å²) in [5.41, 5.74) is 2.03. The minimum absolute atomic E-state index is 0.103. The zero-order valence-electron chi connectivity index (χ0n) is 14.8. The molecule has 5 nitrogen and oxygen atoms in total. The van der Waals surface area contributed by atoms with E-state index in [4.69, 9.17) is 9.15 Å². The average Bonchev–Trinajstić information content (AvgIpc) is 2.66. The second kappa shape index (κ2) is 7.87. The molecule has 0 bridgehead atoms. The van der Waals surface area contributed by atoms with Gasteiger partial charge in [0.05, 0.1) is 6.04 Å². The number of hydrogen-bond donors (Lipinski definition) is 1. The molecule has 0 aliphatic carbocycles. The zero-order valence-corrected chi connectivity index (χ0v) is 14.8. The maximum atomic E-state index is 12.1. The molecule has 3 aromatic rings. The first kappa shape index (κ1) is 17.7. The Labute approximate surface area is 151 Å². The molecule has 26 heavy (non-hydrogen) atoms. The lowest BCUT2D eigenvalue weighted by molar-refractivity contribution is -0.123. The molecule has 0 spiro atoms. The lowest BCUT2D eigenvalue weighted by Crippen LogP contribution is -2.31.